The van der Waals surface area contributed by atoms with Gasteiger partial charge in [-0.1, -0.05) is 13.0 Å². The van der Waals surface area contributed by atoms with E-state index in [0.717, 1.165) is 58.8 Å². The minimum Gasteiger partial charge on any atom is -0.374 e. The van der Waals surface area contributed by atoms with Gasteiger partial charge in [0, 0.05) is 31.1 Å². The van der Waals surface area contributed by atoms with E-state index in [1.54, 1.807) is 12.1 Å². The van der Waals surface area contributed by atoms with E-state index in [0.29, 0.717) is 23.7 Å². The van der Waals surface area contributed by atoms with Crippen LogP contribution in [0, 0.1) is 29.5 Å². The number of rotatable bonds is 6. The highest BCUT2D eigenvalue weighted by Crippen LogP contribution is 2.58. The monoisotopic (exact) mass is 470 g/mol. The predicted molar refractivity (Wildman–Crippen MR) is 134 cm³/mol. The molecule has 2 bridgehead atoms. The molecule has 4 aromatic rings. The van der Waals surface area contributed by atoms with Crippen LogP contribution in [0.2, 0.25) is 0 Å². The van der Waals surface area contributed by atoms with E-state index in [1.807, 2.05) is 29.3 Å². The van der Waals surface area contributed by atoms with Gasteiger partial charge in [-0.05, 0) is 96.4 Å². The van der Waals surface area contributed by atoms with Crippen LogP contribution in [0.25, 0.3) is 21.9 Å². The predicted octanol–water partition coefficient (Wildman–Crippen LogP) is 5.57. The Labute approximate surface area is 204 Å². The Hall–Kier alpha value is -2.83. The number of imidazole rings is 1. The Morgan fingerprint density at radius 3 is 2.74 bits per heavy atom. The molecular formula is C29H31FN4O. The number of aromatic amines is 1. The average Bonchev–Trinajstić information content (AvgIpc) is 3.32. The summed E-state index contributed by atoms with van der Waals surface area (Å²) in [4.78, 5) is 14.9. The number of hydrogen-bond acceptors (Lipinski definition) is 4. The van der Waals surface area contributed by atoms with Gasteiger partial charge < -0.3 is 10.1 Å². The van der Waals surface area contributed by atoms with E-state index in [1.165, 1.54) is 30.9 Å². The molecule has 1 saturated heterocycles. The highest BCUT2D eigenvalue weighted by atomic mass is 19.1. The number of aliphatic hydroxyl groups is 1. The Kier molecular flexibility index (Phi) is 4.97. The van der Waals surface area contributed by atoms with Crippen molar-refractivity contribution in [3.8, 4) is 0 Å². The van der Waals surface area contributed by atoms with Gasteiger partial charge in [-0.2, -0.15) is 0 Å². The maximum Gasteiger partial charge on any atom is 0.133 e. The maximum absolute atomic E-state index is 14.0. The number of aliphatic hydroxyl groups excluding tert-OH is 1. The molecule has 3 heterocycles. The molecule has 180 valence electrons. The van der Waals surface area contributed by atoms with Crippen molar-refractivity contribution in [2.75, 3.05) is 13.1 Å². The van der Waals surface area contributed by atoms with Crippen molar-refractivity contribution in [1.82, 2.24) is 19.9 Å². The lowest BCUT2D eigenvalue weighted by Gasteiger charge is -2.32. The van der Waals surface area contributed by atoms with E-state index < -0.39 is 6.23 Å². The first kappa shape index (κ1) is 21.5. The molecule has 0 radical (unpaired) electrons. The molecule has 0 amide bonds. The standard InChI is InChI=1S/C29H31FN4O/c1-16(10-28-32-26-4-2-17(14-27(26)33-28)29(35)34-8-9-34)22-12-19-11-18(22)13-23(19)21-6-7-31-25-5-3-20(30)15-24(21)25/h2-7,14-16,18-19,22-23,29,35H,8-13H2,1H3,(H,32,33)/t16-,18?,19?,22?,23?,29?/m1/s1. The summed E-state index contributed by atoms with van der Waals surface area (Å²) in [5, 5.41) is 11.4. The van der Waals surface area contributed by atoms with Crippen LogP contribution < -0.4 is 0 Å². The number of H-pyrrole nitrogens is 1. The van der Waals surface area contributed by atoms with Gasteiger partial charge in [-0.15, -0.1) is 0 Å². The molecule has 6 atom stereocenters. The number of benzene rings is 2. The topological polar surface area (TPSA) is 64.8 Å². The third-order valence-corrected chi connectivity index (χ3v) is 8.98. The lowest BCUT2D eigenvalue weighted by molar-refractivity contribution is 0.0808. The Balaban J connectivity index is 1.06. The lowest BCUT2D eigenvalue weighted by Crippen LogP contribution is -2.24. The van der Waals surface area contributed by atoms with E-state index >= 15 is 0 Å². The van der Waals surface area contributed by atoms with E-state index in [4.69, 9.17) is 4.98 Å². The van der Waals surface area contributed by atoms with Crippen molar-refractivity contribution in [2.45, 2.75) is 44.8 Å². The quantitative estimate of drug-likeness (QED) is 0.362. The van der Waals surface area contributed by atoms with Crippen LogP contribution in [0.3, 0.4) is 0 Å². The highest BCUT2D eigenvalue weighted by molar-refractivity contribution is 5.82. The normalized spacial score (nSPS) is 27.6. The van der Waals surface area contributed by atoms with Gasteiger partial charge in [0.25, 0.3) is 0 Å². The maximum atomic E-state index is 14.0. The molecule has 7 rings (SSSR count). The average molecular weight is 471 g/mol. The fourth-order valence-corrected chi connectivity index (χ4v) is 7.16. The molecule has 5 nitrogen and oxygen atoms in total. The molecule has 6 heteroatoms. The number of nitrogens with one attached hydrogen (secondary N) is 1. The summed E-state index contributed by atoms with van der Waals surface area (Å²) >= 11 is 0. The van der Waals surface area contributed by atoms with Crippen molar-refractivity contribution < 1.29 is 9.50 Å². The van der Waals surface area contributed by atoms with Gasteiger partial charge in [-0.3, -0.25) is 9.88 Å². The molecule has 2 aliphatic carbocycles. The summed E-state index contributed by atoms with van der Waals surface area (Å²) in [6, 6.07) is 13.1. The molecule has 2 aromatic heterocycles. The molecule has 2 aromatic carbocycles. The molecule has 2 N–H and O–H groups in total. The summed E-state index contributed by atoms with van der Waals surface area (Å²) in [5.74, 6) is 4.01. The molecular weight excluding hydrogens is 439 g/mol. The largest absolute Gasteiger partial charge is 0.374 e. The van der Waals surface area contributed by atoms with Gasteiger partial charge in [0.2, 0.25) is 0 Å². The Morgan fingerprint density at radius 2 is 1.94 bits per heavy atom. The zero-order chi connectivity index (χ0) is 23.7. The first-order valence-corrected chi connectivity index (χ1v) is 13.0. The van der Waals surface area contributed by atoms with Gasteiger partial charge in [-0.25, -0.2) is 9.37 Å². The second-order valence-corrected chi connectivity index (χ2v) is 11.1. The molecule has 1 aliphatic heterocycles. The first-order chi connectivity index (χ1) is 17.0. The molecule has 0 spiro atoms. The molecule has 3 fully saturated rings. The van der Waals surface area contributed by atoms with Crippen LogP contribution in [0.1, 0.15) is 55.3 Å². The van der Waals surface area contributed by atoms with Crippen LogP contribution >= 0.6 is 0 Å². The lowest BCUT2D eigenvalue weighted by atomic mass is 9.73. The fraction of sp³-hybridized carbons (Fsp3) is 0.448. The van der Waals surface area contributed by atoms with Crippen molar-refractivity contribution in [1.29, 1.82) is 0 Å². The van der Waals surface area contributed by atoms with Gasteiger partial charge >= 0.3 is 0 Å². The van der Waals surface area contributed by atoms with Crippen molar-refractivity contribution >= 4 is 21.9 Å². The second-order valence-electron chi connectivity index (χ2n) is 11.1. The number of fused-ring (bicyclic) bond motifs is 4. The minimum absolute atomic E-state index is 0.182. The fourth-order valence-electron chi connectivity index (χ4n) is 7.16. The minimum atomic E-state index is -0.519. The summed E-state index contributed by atoms with van der Waals surface area (Å²) < 4.78 is 14.0. The zero-order valence-electron chi connectivity index (χ0n) is 20.0. The smallest absolute Gasteiger partial charge is 0.133 e. The number of hydrogen-bond donors (Lipinski definition) is 2. The van der Waals surface area contributed by atoms with E-state index in [9.17, 15) is 9.50 Å². The molecule has 35 heavy (non-hydrogen) atoms. The second kappa shape index (κ2) is 8.10. The number of pyridine rings is 1. The number of aromatic nitrogens is 3. The van der Waals surface area contributed by atoms with Gasteiger partial charge in [0.1, 0.15) is 17.9 Å². The third-order valence-electron chi connectivity index (χ3n) is 8.98. The van der Waals surface area contributed by atoms with Gasteiger partial charge in [0.05, 0.1) is 16.6 Å². The summed E-state index contributed by atoms with van der Waals surface area (Å²) in [7, 11) is 0. The van der Waals surface area contributed by atoms with Crippen molar-refractivity contribution in [3.63, 3.8) is 0 Å². The van der Waals surface area contributed by atoms with E-state index in [-0.39, 0.29) is 5.82 Å². The Morgan fingerprint density at radius 1 is 1.06 bits per heavy atom. The SMILES string of the molecule is C[C@H](Cc1nc2cc(C(O)N3CC3)ccc2[nH]1)C1CC2CC1CC2c1ccnc2ccc(F)cc12. The van der Waals surface area contributed by atoms with Crippen molar-refractivity contribution in [3.05, 3.63) is 71.4 Å². The van der Waals surface area contributed by atoms with Crippen molar-refractivity contribution in [2.24, 2.45) is 23.7 Å². The van der Waals surface area contributed by atoms with Crippen LogP contribution in [0.5, 0.6) is 0 Å². The van der Waals surface area contributed by atoms with Crippen LogP contribution in [-0.4, -0.2) is 38.0 Å². The van der Waals surface area contributed by atoms with E-state index in [2.05, 4.69) is 23.0 Å². The van der Waals surface area contributed by atoms with Crippen LogP contribution in [0.4, 0.5) is 4.39 Å². The molecule has 3 aliphatic rings. The zero-order valence-corrected chi connectivity index (χ0v) is 20.0. The number of nitrogens with zero attached hydrogens (tertiary/aromatic N) is 3. The Bertz CT molecular complexity index is 1410. The molecule has 2 saturated carbocycles. The third kappa shape index (κ3) is 3.74. The summed E-state index contributed by atoms with van der Waals surface area (Å²) in [6.45, 7) is 4.29. The highest BCUT2D eigenvalue weighted by Gasteiger charge is 2.48. The first-order valence-electron chi connectivity index (χ1n) is 13.0. The van der Waals surface area contributed by atoms with Crippen LogP contribution in [0.15, 0.2) is 48.7 Å². The summed E-state index contributed by atoms with van der Waals surface area (Å²) in [6.07, 6.45) is 6.01. The summed E-state index contributed by atoms with van der Waals surface area (Å²) in [5.41, 5.74) is 5.08. The number of halogens is 1. The van der Waals surface area contributed by atoms with Crippen LogP contribution in [-0.2, 0) is 6.42 Å². The van der Waals surface area contributed by atoms with Gasteiger partial charge in [0.15, 0.2) is 0 Å². The molecule has 5 unspecified atom stereocenters.